The molecule has 0 saturated heterocycles. The number of aliphatic hydroxyl groups excluding tert-OH is 1. The maximum Gasteiger partial charge on any atom is 0.134 e. The molecule has 3 aromatic rings. The Labute approximate surface area is 157 Å². The van der Waals surface area contributed by atoms with E-state index in [1.54, 1.807) is 6.07 Å². The highest BCUT2D eigenvalue weighted by Crippen LogP contribution is 2.28. The van der Waals surface area contributed by atoms with Crippen molar-refractivity contribution in [2.45, 2.75) is 25.6 Å². The second kappa shape index (κ2) is 8.07. The van der Waals surface area contributed by atoms with Crippen molar-refractivity contribution < 1.29 is 9.52 Å². The van der Waals surface area contributed by atoms with E-state index in [-0.39, 0.29) is 6.04 Å². The van der Waals surface area contributed by atoms with E-state index in [4.69, 9.17) is 27.6 Å². The molecular formula is C20H19Cl2NO2. The molecular weight excluding hydrogens is 357 g/mol. The van der Waals surface area contributed by atoms with Crippen LogP contribution < -0.4 is 5.32 Å². The molecule has 0 radical (unpaired) electrons. The van der Waals surface area contributed by atoms with Gasteiger partial charge in [-0.3, -0.25) is 0 Å². The topological polar surface area (TPSA) is 45.4 Å². The van der Waals surface area contributed by atoms with E-state index in [1.807, 2.05) is 61.5 Å². The highest BCUT2D eigenvalue weighted by atomic mass is 35.5. The summed E-state index contributed by atoms with van der Waals surface area (Å²) in [5.41, 5.74) is 1.72. The van der Waals surface area contributed by atoms with Crippen molar-refractivity contribution in [3.05, 3.63) is 82.0 Å². The van der Waals surface area contributed by atoms with Crippen molar-refractivity contribution in [1.29, 1.82) is 0 Å². The molecule has 0 spiro atoms. The first kappa shape index (κ1) is 18.0. The first-order valence-electron chi connectivity index (χ1n) is 8.04. The summed E-state index contributed by atoms with van der Waals surface area (Å²) in [5, 5.41) is 14.8. The minimum Gasteiger partial charge on any atom is -0.460 e. The molecule has 1 heterocycles. The number of halogens is 2. The van der Waals surface area contributed by atoms with Crippen LogP contribution in [0.1, 0.15) is 24.4 Å². The van der Waals surface area contributed by atoms with Crippen molar-refractivity contribution >= 4 is 23.2 Å². The summed E-state index contributed by atoms with van der Waals surface area (Å²) in [4.78, 5) is 0. The van der Waals surface area contributed by atoms with E-state index in [0.29, 0.717) is 22.4 Å². The summed E-state index contributed by atoms with van der Waals surface area (Å²) in [6.45, 7) is 2.46. The third kappa shape index (κ3) is 4.65. The number of hydrogen-bond donors (Lipinski definition) is 2. The highest BCUT2D eigenvalue weighted by Gasteiger charge is 2.16. The molecule has 2 atom stereocenters. The number of aliphatic hydroxyl groups is 1. The quantitative estimate of drug-likeness (QED) is 0.600. The molecule has 3 nitrogen and oxygen atoms in total. The van der Waals surface area contributed by atoms with Gasteiger partial charge < -0.3 is 14.8 Å². The Kier molecular flexibility index (Phi) is 5.82. The summed E-state index contributed by atoms with van der Waals surface area (Å²) in [5.74, 6) is 1.48. The molecule has 3 rings (SSSR count). The van der Waals surface area contributed by atoms with Crippen LogP contribution in [-0.2, 0) is 6.54 Å². The van der Waals surface area contributed by atoms with Gasteiger partial charge in [0, 0.05) is 21.7 Å². The maximum absolute atomic E-state index is 10.4. The third-order valence-electron chi connectivity index (χ3n) is 4.02. The van der Waals surface area contributed by atoms with E-state index in [9.17, 15) is 5.11 Å². The zero-order valence-corrected chi connectivity index (χ0v) is 15.3. The summed E-state index contributed by atoms with van der Waals surface area (Å²) in [6, 6.07) is 18.6. The fourth-order valence-electron chi connectivity index (χ4n) is 2.64. The molecule has 0 amide bonds. The minimum absolute atomic E-state index is 0.114. The number of rotatable bonds is 6. The second-order valence-corrected chi connectivity index (χ2v) is 6.82. The van der Waals surface area contributed by atoms with Crippen molar-refractivity contribution in [2.75, 3.05) is 0 Å². The van der Waals surface area contributed by atoms with Gasteiger partial charge in [-0.1, -0.05) is 53.5 Å². The Morgan fingerprint density at radius 2 is 1.68 bits per heavy atom. The molecule has 2 N–H and O–H groups in total. The monoisotopic (exact) mass is 375 g/mol. The Hall–Kier alpha value is -1.78. The van der Waals surface area contributed by atoms with Crippen LogP contribution in [0.3, 0.4) is 0 Å². The van der Waals surface area contributed by atoms with Gasteiger partial charge in [-0.25, -0.2) is 0 Å². The van der Waals surface area contributed by atoms with E-state index < -0.39 is 6.10 Å². The van der Waals surface area contributed by atoms with E-state index in [2.05, 4.69) is 5.32 Å². The van der Waals surface area contributed by atoms with Gasteiger partial charge in [-0.05, 0) is 42.8 Å². The molecule has 0 aliphatic carbocycles. The zero-order chi connectivity index (χ0) is 17.8. The van der Waals surface area contributed by atoms with Gasteiger partial charge in [0.1, 0.15) is 11.5 Å². The predicted molar refractivity (Wildman–Crippen MR) is 102 cm³/mol. The highest BCUT2D eigenvalue weighted by molar-refractivity contribution is 6.35. The van der Waals surface area contributed by atoms with Crippen LogP contribution in [0.4, 0.5) is 0 Å². The van der Waals surface area contributed by atoms with Crippen LogP contribution in [0, 0.1) is 0 Å². The average molecular weight is 376 g/mol. The van der Waals surface area contributed by atoms with Crippen molar-refractivity contribution in [3.63, 3.8) is 0 Å². The van der Waals surface area contributed by atoms with Crippen LogP contribution in [0.15, 0.2) is 65.1 Å². The van der Waals surface area contributed by atoms with Crippen LogP contribution >= 0.6 is 23.2 Å². The summed E-state index contributed by atoms with van der Waals surface area (Å²) >= 11 is 12.1. The van der Waals surface area contributed by atoms with E-state index in [1.165, 1.54) is 0 Å². The molecule has 5 heteroatoms. The molecule has 2 aromatic carbocycles. The molecule has 0 unspecified atom stereocenters. The maximum atomic E-state index is 10.4. The Morgan fingerprint density at radius 3 is 2.36 bits per heavy atom. The lowest BCUT2D eigenvalue weighted by atomic mass is 10.0. The smallest absolute Gasteiger partial charge is 0.134 e. The minimum atomic E-state index is -0.581. The van der Waals surface area contributed by atoms with Gasteiger partial charge in [0.25, 0.3) is 0 Å². The van der Waals surface area contributed by atoms with Crippen LogP contribution in [0.2, 0.25) is 10.0 Å². The number of hydrogen-bond acceptors (Lipinski definition) is 3. The molecule has 0 bridgehead atoms. The molecule has 0 aliphatic heterocycles. The van der Waals surface area contributed by atoms with Crippen LogP contribution in [0.5, 0.6) is 0 Å². The van der Waals surface area contributed by atoms with Crippen molar-refractivity contribution in [3.8, 4) is 11.3 Å². The molecule has 1 aromatic heterocycles. The first-order chi connectivity index (χ1) is 12.0. The summed E-state index contributed by atoms with van der Waals surface area (Å²) in [7, 11) is 0. The molecule has 0 aliphatic rings. The Morgan fingerprint density at radius 1 is 1.00 bits per heavy atom. The van der Waals surface area contributed by atoms with Gasteiger partial charge >= 0.3 is 0 Å². The zero-order valence-electron chi connectivity index (χ0n) is 13.7. The lowest BCUT2D eigenvalue weighted by molar-refractivity contribution is 0.134. The second-order valence-electron chi connectivity index (χ2n) is 5.95. The molecule has 0 saturated carbocycles. The van der Waals surface area contributed by atoms with Gasteiger partial charge in [0.2, 0.25) is 0 Å². The molecule has 0 fully saturated rings. The first-order valence-corrected chi connectivity index (χ1v) is 8.80. The van der Waals surface area contributed by atoms with Gasteiger partial charge in [-0.2, -0.15) is 0 Å². The molecule has 130 valence electrons. The van der Waals surface area contributed by atoms with Crippen molar-refractivity contribution in [1.82, 2.24) is 5.32 Å². The van der Waals surface area contributed by atoms with Crippen LogP contribution in [0.25, 0.3) is 11.3 Å². The fourth-order valence-corrected chi connectivity index (χ4v) is 3.16. The van der Waals surface area contributed by atoms with E-state index >= 15 is 0 Å². The van der Waals surface area contributed by atoms with Gasteiger partial charge in [0.15, 0.2) is 0 Å². The largest absolute Gasteiger partial charge is 0.460 e. The number of nitrogens with one attached hydrogen (secondary N) is 1. The normalized spacial score (nSPS) is 13.6. The lowest BCUT2D eigenvalue weighted by Gasteiger charge is -2.20. The van der Waals surface area contributed by atoms with Crippen LogP contribution in [-0.4, -0.2) is 11.1 Å². The lowest BCUT2D eigenvalue weighted by Crippen LogP contribution is -2.31. The summed E-state index contributed by atoms with van der Waals surface area (Å²) < 4.78 is 5.85. The Bertz CT molecular complexity index is 812. The standard InChI is InChI=1S/C20H19Cl2NO2/c1-13(20(24)14-5-3-2-4-6-14)23-12-18-7-8-19(25-18)15-9-16(21)11-17(22)10-15/h2-11,13,20,23-24H,12H2,1H3/t13-,20+/m0/s1. The number of benzene rings is 2. The van der Waals surface area contributed by atoms with Crippen molar-refractivity contribution in [2.24, 2.45) is 0 Å². The number of furan rings is 1. The van der Waals surface area contributed by atoms with E-state index in [0.717, 1.165) is 16.9 Å². The fraction of sp³-hybridized carbons (Fsp3) is 0.200. The molecule has 25 heavy (non-hydrogen) atoms. The van der Waals surface area contributed by atoms with Gasteiger partial charge in [0.05, 0.1) is 12.6 Å². The SMILES string of the molecule is C[C@H](NCc1ccc(-c2cc(Cl)cc(Cl)c2)o1)[C@@H](O)c1ccccc1. The predicted octanol–water partition coefficient (Wildman–Crippen LogP) is 5.47. The Balaban J connectivity index is 1.63. The average Bonchev–Trinajstić information content (AvgIpc) is 3.08. The third-order valence-corrected chi connectivity index (χ3v) is 4.46. The van der Waals surface area contributed by atoms with Gasteiger partial charge in [-0.15, -0.1) is 0 Å². The summed E-state index contributed by atoms with van der Waals surface area (Å²) in [6.07, 6.45) is -0.581.